The minimum absolute atomic E-state index is 0.136. The summed E-state index contributed by atoms with van der Waals surface area (Å²) in [6.45, 7) is 3.32. The Balaban J connectivity index is 3.13. The Kier molecular flexibility index (Phi) is 4.06. The van der Waals surface area contributed by atoms with Gasteiger partial charge in [-0.1, -0.05) is 11.6 Å². The average Bonchev–Trinajstić information content (AvgIpc) is 2.13. The molecule has 0 aliphatic heterocycles. The number of halogens is 1. The van der Waals surface area contributed by atoms with Crippen LogP contribution in [0.1, 0.15) is 13.8 Å². The van der Waals surface area contributed by atoms with Crippen LogP contribution in [0, 0.1) is 0 Å². The second-order valence-corrected chi connectivity index (χ2v) is 6.94. The van der Waals surface area contributed by atoms with Crippen molar-refractivity contribution in [3.05, 3.63) is 23.2 Å². The van der Waals surface area contributed by atoms with Crippen LogP contribution in [0.15, 0.2) is 23.1 Å². The van der Waals surface area contributed by atoms with Gasteiger partial charge in [0.2, 0.25) is 0 Å². The number of nitrogens with two attached hydrogens (primary N) is 1. The van der Waals surface area contributed by atoms with Gasteiger partial charge < -0.3 is 10.5 Å². The smallest absolute Gasteiger partial charge is 0.180 e. The number of methoxy groups -OCH3 is 1. The molecule has 0 amide bonds. The molecule has 0 aliphatic rings. The van der Waals surface area contributed by atoms with Crippen LogP contribution in [0.2, 0.25) is 5.02 Å². The summed E-state index contributed by atoms with van der Waals surface area (Å²) in [7, 11) is -1.96. The summed E-state index contributed by atoms with van der Waals surface area (Å²) in [4.78, 5) is 0.154. The van der Waals surface area contributed by atoms with Crippen molar-refractivity contribution in [1.29, 1.82) is 0 Å². The molecule has 4 nitrogen and oxygen atoms in total. The molecule has 0 bridgehead atoms. The van der Waals surface area contributed by atoms with Crippen LogP contribution >= 0.6 is 11.6 Å². The highest BCUT2D eigenvalue weighted by atomic mass is 35.5. The predicted molar refractivity (Wildman–Crippen MR) is 68.3 cm³/mol. The fourth-order valence-electron chi connectivity index (χ4n) is 1.41. The maximum atomic E-state index is 12.0. The number of sulfone groups is 1. The molecule has 1 aromatic carbocycles. The quantitative estimate of drug-likeness (QED) is 0.912. The molecule has 0 fully saturated rings. The minimum Gasteiger partial charge on any atom is -0.495 e. The van der Waals surface area contributed by atoms with Gasteiger partial charge in [0.25, 0.3) is 0 Å². The lowest BCUT2D eigenvalue weighted by molar-refractivity contribution is 0.414. The van der Waals surface area contributed by atoms with E-state index in [0.29, 0.717) is 5.75 Å². The predicted octanol–water partition coefficient (Wildman–Crippen LogP) is 1.86. The molecule has 0 aromatic heterocycles. The van der Waals surface area contributed by atoms with Crippen LogP contribution in [0.5, 0.6) is 5.75 Å². The van der Waals surface area contributed by atoms with E-state index in [0.717, 1.165) is 0 Å². The number of benzene rings is 1. The SMILES string of the molecule is COc1ccc(S(=O)(=O)CC(C)(C)N)cc1Cl. The topological polar surface area (TPSA) is 69.4 Å². The van der Waals surface area contributed by atoms with Crippen molar-refractivity contribution in [1.82, 2.24) is 0 Å². The Morgan fingerprint density at radius 1 is 1.41 bits per heavy atom. The van der Waals surface area contributed by atoms with Crippen molar-refractivity contribution in [3.63, 3.8) is 0 Å². The van der Waals surface area contributed by atoms with Crippen molar-refractivity contribution in [2.75, 3.05) is 12.9 Å². The zero-order valence-corrected chi connectivity index (χ0v) is 11.6. The van der Waals surface area contributed by atoms with E-state index in [2.05, 4.69) is 0 Å². The van der Waals surface area contributed by atoms with Crippen molar-refractivity contribution >= 4 is 21.4 Å². The fraction of sp³-hybridized carbons (Fsp3) is 0.455. The molecule has 0 heterocycles. The van der Waals surface area contributed by atoms with Crippen LogP contribution < -0.4 is 10.5 Å². The lowest BCUT2D eigenvalue weighted by Crippen LogP contribution is -2.39. The van der Waals surface area contributed by atoms with Crippen molar-refractivity contribution < 1.29 is 13.2 Å². The van der Waals surface area contributed by atoms with Crippen LogP contribution in [0.25, 0.3) is 0 Å². The summed E-state index contributed by atoms with van der Waals surface area (Å²) < 4.78 is 29.0. The molecule has 17 heavy (non-hydrogen) atoms. The van der Waals surface area contributed by atoms with E-state index in [9.17, 15) is 8.42 Å². The van der Waals surface area contributed by atoms with E-state index in [1.165, 1.54) is 25.3 Å². The highest BCUT2D eigenvalue weighted by molar-refractivity contribution is 7.91. The van der Waals surface area contributed by atoms with E-state index >= 15 is 0 Å². The molecular weight excluding hydrogens is 262 g/mol. The molecule has 0 spiro atoms. The van der Waals surface area contributed by atoms with Crippen LogP contribution in [-0.2, 0) is 9.84 Å². The van der Waals surface area contributed by atoms with E-state index < -0.39 is 15.4 Å². The maximum Gasteiger partial charge on any atom is 0.180 e. The summed E-state index contributed by atoms with van der Waals surface area (Å²) in [5, 5.41) is 0.267. The Hall–Kier alpha value is -0.780. The second-order valence-electron chi connectivity index (χ2n) is 4.54. The maximum absolute atomic E-state index is 12.0. The van der Waals surface area contributed by atoms with E-state index in [-0.39, 0.29) is 15.7 Å². The normalized spacial score (nSPS) is 12.5. The molecule has 0 atom stereocenters. The molecule has 1 rings (SSSR count). The molecule has 0 unspecified atom stereocenters. The van der Waals surface area contributed by atoms with Crippen molar-refractivity contribution in [2.45, 2.75) is 24.3 Å². The lowest BCUT2D eigenvalue weighted by atomic mass is 10.1. The molecule has 0 aliphatic carbocycles. The number of rotatable bonds is 4. The van der Waals surface area contributed by atoms with Gasteiger partial charge in [-0.25, -0.2) is 8.42 Å². The first-order valence-corrected chi connectivity index (χ1v) is 7.04. The third-order valence-electron chi connectivity index (χ3n) is 2.04. The average molecular weight is 278 g/mol. The fourth-order valence-corrected chi connectivity index (χ4v) is 3.45. The van der Waals surface area contributed by atoms with Gasteiger partial charge in [0.15, 0.2) is 9.84 Å². The Morgan fingerprint density at radius 3 is 2.41 bits per heavy atom. The molecule has 6 heteroatoms. The zero-order valence-electron chi connectivity index (χ0n) is 10.0. The highest BCUT2D eigenvalue weighted by Crippen LogP contribution is 2.28. The Bertz CT molecular complexity index is 506. The van der Waals surface area contributed by atoms with Crippen molar-refractivity contribution in [3.8, 4) is 5.75 Å². The molecular formula is C11H16ClNO3S. The van der Waals surface area contributed by atoms with Crippen LogP contribution in [-0.4, -0.2) is 26.8 Å². The molecule has 0 saturated heterocycles. The third kappa shape index (κ3) is 3.87. The van der Waals surface area contributed by atoms with E-state index in [1.54, 1.807) is 13.8 Å². The van der Waals surface area contributed by atoms with Crippen molar-refractivity contribution in [2.24, 2.45) is 5.73 Å². The van der Waals surface area contributed by atoms with E-state index in [4.69, 9.17) is 22.1 Å². The summed E-state index contributed by atoms with van der Waals surface area (Å²) in [6, 6.07) is 4.37. The monoisotopic (exact) mass is 277 g/mol. The largest absolute Gasteiger partial charge is 0.495 e. The third-order valence-corrected chi connectivity index (χ3v) is 4.44. The van der Waals surface area contributed by atoms with Crippen LogP contribution in [0.3, 0.4) is 0 Å². The zero-order chi connectivity index (χ0) is 13.3. The number of ether oxygens (including phenoxy) is 1. The first-order chi connectivity index (χ1) is 7.65. The Labute approximate surface area is 107 Å². The van der Waals surface area contributed by atoms with Gasteiger partial charge in [-0.3, -0.25) is 0 Å². The highest BCUT2D eigenvalue weighted by Gasteiger charge is 2.24. The molecule has 2 N–H and O–H groups in total. The standard InChI is InChI=1S/C11H16ClNO3S/c1-11(2,13)7-17(14,15)8-4-5-10(16-3)9(12)6-8/h4-6H,7,13H2,1-3H3. The van der Waals surface area contributed by atoms with Gasteiger partial charge in [0, 0.05) is 5.54 Å². The summed E-state index contributed by atoms with van der Waals surface area (Å²) in [5.74, 6) is 0.306. The summed E-state index contributed by atoms with van der Waals surface area (Å²) >= 11 is 5.89. The Morgan fingerprint density at radius 2 is 2.00 bits per heavy atom. The molecule has 1 aromatic rings. The van der Waals surface area contributed by atoms with Gasteiger partial charge in [0.1, 0.15) is 5.75 Å². The second kappa shape index (κ2) is 4.84. The summed E-state index contributed by atoms with van der Waals surface area (Å²) in [6.07, 6.45) is 0. The first kappa shape index (κ1) is 14.3. The minimum atomic E-state index is -3.43. The van der Waals surface area contributed by atoms with Gasteiger partial charge in [-0.2, -0.15) is 0 Å². The molecule has 0 saturated carbocycles. The molecule has 0 radical (unpaired) electrons. The van der Waals surface area contributed by atoms with Crippen LogP contribution in [0.4, 0.5) is 0 Å². The van der Waals surface area contributed by atoms with E-state index in [1.807, 2.05) is 0 Å². The number of hydrogen-bond donors (Lipinski definition) is 1. The lowest BCUT2D eigenvalue weighted by Gasteiger charge is -2.18. The number of hydrogen-bond acceptors (Lipinski definition) is 4. The van der Waals surface area contributed by atoms with Gasteiger partial charge >= 0.3 is 0 Å². The summed E-state index contributed by atoms with van der Waals surface area (Å²) in [5.41, 5.74) is 4.93. The van der Waals surface area contributed by atoms with Gasteiger partial charge in [-0.15, -0.1) is 0 Å². The van der Waals surface area contributed by atoms with Gasteiger partial charge in [-0.05, 0) is 32.0 Å². The first-order valence-electron chi connectivity index (χ1n) is 5.01. The van der Waals surface area contributed by atoms with Gasteiger partial charge in [0.05, 0.1) is 22.8 Å². The molecule has 96 valence electrons.